The van der Waals surface area contributed by atoms with Gasteiger partial charge in [-0.25, -0.2) is 9.97 Å². The third-order valence-electron chi connectivity index (χ3n) is 5.58. The zero-order valence-electron chi connectivity index (χ0n) is 16.2. The molecule has 0 saturated carbocycles. The Morgan fingerprint density at radius 1 is 1.21 bits per heavy atom. The van der Waals surface area contributed by atoms with Crippen molar-refractivity contribution in [2.24, 2.45) is 7.05 Å². The summed E-state index contributed by atoms with van der Waals surface area (Å²) in [5.41, 5.74) is 1.30. The van der Waals surface area contributed by atoms with Crippen molar-refractivity contribution in [2.75, 3.05) is 18.0 Å². The second-order valence-corrected chi connectivity index (χ2v) is 9.55. The lowest BCUT2D eigenvalue weighted by molar-refractivity contribution is 0.478. The summed E-state index contributed by atoms with van der Waals surface area (Å²) in [4.78, 5) is 15.9. The van der Waals surface area contributed by atoms with Crippen molar-refractivity contribution in [3.63, 3.8) is 0 Å². The van der Waals surface area contributed by atoms with Crippen LogP contribution in [0.25, 0.3) is 20.9 Å². The summed E-state index contributed by atoms with van der Waals surface area (Å²) in [7, 11) is 2.03. The van der Waals surface area contributed by atoms with Crippen LogP contribution in [-0.2, 0) is 7.05 Å². The van der Waals surface area contributed by atoms with Gasteiger partial charge in [0.1, 0.15) is 22.8 Å². The quantitative estimate of drug-likeness (QED) is 0.496. The Kier molecular flexibility index (Phi) is 4.40. The van der Waals surface area contributed by atoms with Crippen LogP contribution in [0.2, 0.25) is 0 Å². The molecular weight excluding hydrogens is 388 g/mol. The maximum atomic E-state index is 5.07. The predicted molar refractivity (Wildman–Crippen MR) is 115 cm³/mol. The average Bonchev–Trinajstić information content (AvgIpc) is 3.43. The summed E-state index contributed by atoms with van der Waals surface area (Å²) in [6, 6.07) is 4.16. The Balaban J connectivity index is 1.61. The molecule has 0 spiro atoms. The van der Waals surface area contributed by atoms with Crippen LogP contribution in [0.5, 0.6) is 0 Å². The minimum absolute atomic E-state index is 0.372. The highest BCUT2D eigenvalue weighted by Crippen LogP contribution is 2.39. The Morgan fingerprint density at radius 2 is 2.11 bits per heavy atom. The van der Waals surface area contributed by atoms with Crippen LogP contribution < -0.4 is 4.90 Å². The third kappa shape index (κ3) is 2.91. The maximum absolute atomic E-state index is 5.07. The van der Waals surface area contributed by atoms with E-state index in [1.54, 1.807) is 29.0 Å². The van der Waals surface area contributed by atoms with Crippen LogP contribution in [0.1, 0.15) is 35.0 Å². The van der Waals surface area contributed by atoms with E-state index in [1.165, 1.54) is 15.8 Å². The van der Waals surface area contributed by atoms with Gasteiger partial charge in [-0.05, 0) is 43.7 Å². The first-order valence-electron chi connectivity index (χ1n) is 9.52. The lowest BCUT2D eigenvalue weighted by Crippen LogP contribution is -2.36. The summed E-state index contributed by atoms with van der Waals surface area (Å²) < 4.78 is 2.04. The summed E-state index contributed by atoms with van der Waals surface area (Å²) in [6.07, 6.45) is 4.05. The van der Waals surface area contributed by atoms with Crippen LogP contribution in [0.15, 0.2) is 23.8 Å². The van der Waals surface area contributed by atoms with Gasteiger partial charge >= 0.3 is 0 Å². The second-order valence-electron chi connectivity index (χ2n) is 7.40. The Labute approximate surface area is 171 Å². The van der Waals surface area contributed by atoms with Crippen molar-refractivity contribution in [3.8, 4) is 10.7 Å². The Morgan fingerprint density at radius 3 is 2.86 bits per heavy atom. The van der Waals surface area contributed by atoms with Crippen LogP contribution in [0, 0.1) is 13.8 Å². The van der Waals surface area contributed by atoms with Crippen LogP contribution in [-0.4, -0.2) is 37.8 Å². The van der Waals surface area contributed by atoms with E-state index in [0.29, 0.717) is 5.92 Å². The molecule has 4 aromatic rings. The summed E-state index contributed by atoms with van der Waals surface area (Å²) in [5.74, 6) is 3.34. The van der Waals surface area contributed by atoms with Gasteiger partial charge in [0, 0.05) is 30.9 Å². The van der Waals surface area contributed by atoms with Gasteiger partial charge < -0.3 is 9.47 Å². The van der Waals surface area contributed by atoms with Gasteiger partial charge in [-0.2, -0.15) is 0 Å². The van der Waals surface area contributed by atoms with Gasteiger partial charge in [-0.15, -0.1) is 32.9 Å². The molecule has 0 bridgehead atoms. The highest BCUT2D eigenvalue weighted by Gasteiger charge is 2.28. The molecule has 0 N–H and O–H groups in total. The normalized spacial score (nSPS) is 17.5. The number of thiophene rings is 2. The van der Waals surface area contributed by atoms with Gasteiger partial charge in [-0.1, -0.05) is 6.07 Å². The minimum atomic E-state index is 0.372. The van der Waals surface area contributed by atoms with Crippen molar-refractivity contribution in [2.45, 2.75) is 32.6 Å². The number of aryl methyl sites for hydroxylation is 3. The zero-order valence-corrected chi connectivity index (χ0v) is 17.8. The topological polar surface area (TPSA) is 59.7 Å². The van der Waals surface area contributed by atoms with Crippen molar-refractivity contribution in [1.29, 1.82) is 0 Å². The maximum Gasteiger partial charge on any atom is 0.173 e. The molecule has 0 aromatic carbocycles. The monoisotopic (exact) mass is 410 g/mol. The van der Waals surface area contributed by atoms with E-state index < -0.39 is 0 Å². The van der Waals surface area contributed by atoms with Gasteiger partial charge in [0.15, 0.2) is 5.82 Å². The number of hydrogen-bond acceptors (Lipinski definition) is 7. The molecule has 1 aliphatic rings. The number of piperidine rings is 1. The SMILES string of the molecule is Cc1sc2nc(-c3cccs3)nc(N3CCCC(c4nncn4C)C3)c2c1C. The fourth-order valence-electron chi connectivity index (χ4n) is 4.02. The largest absolute Gasteiger partial charge is 0.355 e. The van der Waals surface area contributed by atoms with Crippen LogP contribution in [0.3, 0.4) is 0 Å². The number of aromatic nitrogens is 5. The molecule has 1 unspecified atom stereocenters. The van der Waals surface area contributed by atoms with Crippen LogP contribution in [0.4, 0.5) is 5.82 Å². The fraction of sp³-hybridized carbons (Fsp3) is 0.400. The zero-order chi connectivity index (χ0) is 19.3. The number of nitrogens with zero attached hydrogens (tertiary/aromatic N) is 6. The van der Waals surface area contributed by atoms with Gasteiger partial charge in [0.05, 0.1) is 10.3 Å². The molecule has 0 radical (unpaired) electrons. The highest BCUT2D eigenvalue weighted by atomic mass is 32.1. The lowest BCUT2D eigenvalue weighted by atomic mass is 9.97. The van der Waals surface area contributed by atoms with Gasteiger partial charge in [0.25, 0.3) is 0 Å². The van der Waals surface area contributed by atoms with Gasteiger partial charge in [0.2, 0.25) is 0 Å². The first-order chi connectivity index (χ1) is 13.6. The summed E-state index contributed by atoms with van der Waals surface area (Å²) in [6.45, 7) is 6.29. The minimum Gasteiger partial charge on any atom is -0.355 e. The van der Waals surface area contributed by atoms with Crippen molar-refractivity contribution < 1.29 is 0 Å². The first-order valence-corrected chi connectivity index (χ1v) is 11.2. The number of anilines is 1. The Bertz CT molecular complexity index is 1130. The molecule has 8 heteroatoms. The van der Waals surface area contributed by atoms with Crippen molar-refractivity contribution in [1.82, 2.24) is 24.7 Å². The standard InChI is InChI=1S/C20H22N6S2/c1-12-13(2)28-20-16(12)19(22-17(23-20)15-7-5-9-27-15)26-8-4-6-14(10-26)18-24-21-11-25(18)3/h5,7,9,11,14H,4,6,8,10H2,1-3H3. The van der Waals surface area contributed by atoms with Crippen LogP contribution >= 0.6 is 22.7 Å². The molecule has 5 heterocycles. The fourth-order valence-corrected chi connectivity index (χ4v) is 5.70. The van der Waals surface area contributed by atoms with E-state index in [4.69, 9.17) is 9.97 Å². The van der Waals surface area contributed by atoms with E-state index in [-0.39, 0.29) is 0 Å². The number of hydrogen-bond donors (Lipinski definition) is 0. The summed E-state index contributed by atoms with van der Waals surface area (Å²) >= 11 is 3.46. The molecular formula is C20H22N6S2. The molecule has 144 valence electrons. The molecule has 1 saturated heterocycles. The number of rotatable bonds is 3. The van der Waals surface area contributed by atoms with E-state index >= 15 is 0 Å². The van der Waals surface area contributed by atoms with Crippen molar-refractivity contribution >= 4 is 38.7 Å². The number of fused-ring (bicyclic) bond motifs is 1. The van der Waals surface area contributed by atoms with E-state index in [0.717, 1.165) is 53.1 Å². The third-order valence-corrected chi connectivity index (χ3v) is 7.55. The van der Waals surface area contributed by atoms with E-state index in [2.05, 4.69) is 46.5 Å². The average molecular weight is 411 g/mol. The summed E-state index contributed by atoms with van der Waals surface area (Å²) in [5, 5.41) is 11.7. The lowest BCUT2D eigenvalue weighted by Gasteiger charge is -2.33. The first kappa shape index (κ1) is 17.8. The molecule has 1 atom stereocenters. The molecule has 6 nitrogen and oxygen atoms in total. The van der Waals surface area contributed by atoms with E-state index in [9.17, 15) is 0 Å². The molecule has 28 heavy (non-hydrogen) atoms. The highest BCUT2D eigenvalue weighted by molar-refractivity contribution is 7.19. The molecule has 0 amide bonds. The molecule has 4 aromatic heterocycles. The molecule has 1 aliphatic heterocycles. The second kappa shape index (κ2) is 6.93. The smallest absolute Gasteiger partial charge is 0.173 e. The molecule has 1 fully saturated rings. The molecule has 0 aliphatic carbocycles. The van der Waals surface area contributed by atoms with Crippen molar-refractivity contribution in [3.05, 3.63) is 40.1 Å². The van der Waals surface area contributed by atoms with E-state index in [1.807, 2.05) is 11.6 Å². The van der Waals surface area contributed by atoms with Gasteiger partial charge in [-0.3, -0.25) is 0 Å². The Hall–Kier alpha value is -2.32. The molecule has 5 rings (SSSR count). The predicted octanol–water partition coefficient (Wildman–Crippen LogP) is 4.55.